The predicted octanol–water partition coefficient (Wildman–Crippen LogP) is 3.27. The lowest BCUT2D eigenvalue weighted by atomic mass is 10.1. The number of carbonyl (C=O) groups excluding carboxylic acids is 2. The van der Waals surface area contributed by atoms with Crippen molar-refractivity contribution in [2.45, 2.75) is 32.2 Å². The molecule has 0 bridgehead atoms. The Kier molecular flexibility index (Phi) is 6.28. The zero-order valence-corrected chi connectivity index (χ0v) is 16.1. The maximum absolute atomic E-state index is 13.3. The summed E-state index contributed by atoms with van der Waals surface area (Å²) in [4.78, 5) is 29.8. The molecule has 0 spiro atoms. The fourth-order valence-corrected chi connectivity index (χ4v) is 3.16. The molecule has 1 aliphatic heterocycles. The van der Waals surface area contributed by atoms with Gasteiger partial charge in [0.2, 0.25) is 0 Å². The van der Waals surface area contributed by atoms with Gasteiger partial charge in [-0.3, -0.25) is 0 Å². The van der Waals surface area contributed by atoms with Crippen LogP contribution in [0.2, 0.25) is 0 Å². The number of halogens is 1. The van der Waals surface area contributed by atoms with Crippen LogP contribution < -0.4 is 0 Å². The lowest BCUT2D eigenvalue weighted by Gasteiger charge is -2.11. The summed E-state index contributed by atoms with van der Waals surface area (Å²) in [5, 5.41) is 0. The van der Waals surface area contributed by atoms with Crippen molar-refractivity contribution in [3.8, 4) is 11.4 Å². The predicted molar refractivity (Wildman–Crippen MR) is 100 cm³/mol. The minimum absolute atomic E-state index is 0.0242. The van der Waals surface area contributed by atoms with E-state index in [1.165, 1.54) is 17.0 Å². The molecular weight excluding hydrogens is 365 g/mol. The second kappa shape index (κ2) is 8.86. The first-order valence-electron chi connectivity index (χ1n) is 9.34. The van der Waals surface area contributed by atoms with Crippen molar-refractivity contribution in [1.29, 1.82) is 0 Å². The highest BCUT2D eigenvalue weighted by atomic mass is 19.1. The van der Waals surface area contributed by atoms with E-state index < -0.39 is 12.1 Å². The van der Waals surface area contributed by atoms with Gasteiger partial charge in [0.15, 0.2) is 5.69 Å². The molecule has 3 rings (SSSR count). The van der Waals surface area contributed by atoms with Crippen LogP contribution in [0.3, 0.4) is 0 Å². The van der Waals surface area contributed by atoms with Crippen LogP contribution in [0.4, 0.5) is 9.18 Å². The smallest absolute Gasteiger partial charge is 0.409 e. The molecule has 0 radical (unpaired) electrons. The van der Waals surface area contributed by atoms with Gasteiger partial charge < -0.3 is 18.9 Å². The standard InChI is InChI=1S/C20H24FN3O4/c1-23(2)20(26)28-13-12-27-19(25)17-16-6-4-3-5-11-24(16)18(22-17)14-7-9-15(21)10-8-14/h7-10H,3-6,11-13H2,1-2H3. The summed E-state index contributed by atoms with van der Waals surface area (Å²) in [5.74, 6) is -0.221. The van der Waals surface area contributed by atoms with Crippen LogP contribution in [-0.4, -0.2) is 53.8 Å². The Labute approximate surface area is 163 Å². The number of fused-ring (bicyclic) bond motifs is 1. The van der Waals surface area contributed by atoms with Gasteiger partial charge >= 0.3 is 12.1 Å². The maximum atomic E-state index is 13.3. The lowest BCUT2D eigenvalue weighted by molar-refractivity contribution is 0.0368. The molecule has 0 atom stereocenters. The highest BCUT2D eigenvalue weighted by Crippen LogP contribution is 2.27. The summed E-state index contributed by atoms with van der Waals surface area (Å²) >= 11 is 0. The summed E-state index contributed by atoms with van der Waals surface area (Å²) in [6, 6.07) is 6.08. The summed E-state index contributed by atoms with van der Waals surface area (Å²) in [7, 11) is 3.15. The first kappa shape index (κ1) is 19.9. The first-order valence-corrected chi connectivity index (χ1v) is 9.34. The van der Waals surface area contributed by atoms with E-state index in [4.69, 9.17) is 9.47 Å². The van der Waals surface area contributed by atoms with Gasteiger partial charge in [0.25, 0.3) is 0 Å². The van der Waals surface area contributed by atoms with Crippen molar-refractivity contribution in [3.05, 3.63) is 41.5 Å². The van der Waals surface area contributed by atoms with E-state index in [-0.39, 0.29) is 24.7 Å². The maximum Gasteiger partial charge on any atom is 0.409 e. The van der Waals surface area contributed by atoms with Crippen molar-refractivity contribution in [3.63, 3.8) is 0 Å². The number of imidazole rings is 1. The molecular formula is C20H24FN3O4. The fraction of sp³-hybridized carbons (Fsp3) is 0.450. The van der Waals surface area contributed by atoms with E-state index in [0.717, 1.165) is 43.5 Å². The number of ether oxygens (including phenoxy) is 2. The number of carbonyl (C=O) groups is 2. The molecule has 1 amide bonds. The largest absolute Gasteiger partial charge is 0.457 e. The molecule has 0 unspecified atom stereocenters. The van der Waals surface area contributed by atoms with Crippen molar-refractivity contribution in [1.82, 2.24) is 14.5 Å². The Bertz CT molecular complexity index is 846. The average molecular weight is 389 g/mol. The second-order valence-electron chi connectivity index (χ2n) is 6.84. The number of nitrogens with zero attached hydrogens (tertiary/aromatic N) is 3. The molecule has 2 aromatic rings. The summed E-state index contributed by atoms with van der Waals surface area (Å²) in [6.45, 7) is 0.684. The van der Waals surface area contributed by atoms with Crippen molar-refractivity contribution >= 4 is 12.1 Å². The molecule has 2 heterocycles. The SMILES string of the molecule is CN(C)C(=O)OCCOC(=O)c1nc(-c2ccc(F)cc2)n2c1CCCCC2. The van der Waals surface area contributed by atoms with Gasteiger partial charge in [-0.2, -0.15) is 0 Å². The van der Waals surface area contributed by atoms with Crippen LogP contribution in [0.5, 0.6) is 0 Å². The lowest BCUT2D eigenvalue weighted by Crippen LogP contribution is -2.24. The Hall–Kier alpha value is -2.90. The normalized spacial score (nSPS) is 13.4. The molecule has 0 saturated heterocycles. The zero-order valence-electron chi connectivity index (χ0n) is 16.1. The molecule has 0 fully saturated rings. The number of hydrogen-bond donors (Lipinski definition) is 0. The van der Waals surface area contributed by atoms with E-state index in [1.54, 1.807) is 26.2 Å². The van der Waals surface area contributed by atoms with Crippen molar-refractivity contribution in [2.24, 2.45) is 0 Å². The van der Waals surface area contributed by atoms with Gasteiger partial charge in [0.05, 0.1) is 5.69 Å². The third kappa shape index (κ3) is 4.49. The second-order valence-corrected chi connectivity index (χ2v) is 6.84. The van der Waals surface area contributed by atoms with Gasteiger partial charge in [-0.15, -0.1) is 0 Å². The Morgan fingerprint density at radius 2 is 1.82 bits per heavy atom. The summed E-state index contributed by atoms with van der Waals surface area (Å²) in [6.07, 6.45) is 3.26. The minimum Gasteiger partial charge on any atom is -0.457 e. The molecule has 8 heteroatoms. The fourth-order valence-electron chi connectivity index (χ4n) is 3.16. The zero-order chi connectivity index (χ0) is 20.1. The summed E-state index contributed by atoms with van der Waals surface area (Å²) < 4.78 is 25.5. The van der Waals surface area contributed by atoms with Crippen LogP contribution in [0.15, 0.2) is 24.3 Å². The van der Waals surface area contributed by atoms with Crippen molar-refractivity contribution in [2.75, 3.05) is 27.3 Å². The van der Waals surface area contributed by atoms with E-state index in [1.807, 2.05) is 4.57 Å². The topological polar surface area (TPSA) is 73.7 Å². The molecule has 150 valence electrons. The van der Waals surface area contributed by atoms with Crippen LogP contribution in [-0.2, 0) is 22.4 Å². The molecule has 1 aromatic heterocycles. The van der Waals surface area contributed by atoms with Crippen LogP contribution in [0, 0.1) is 5.82 Å². The van der Waals surface area contributed by atoms with Gasteiger partial charge in [-0.1, -0.05) is 6.42 Å². The Morgan fingerprint density at radius 1 is 1.11 bits per heavy atom. The average Bonchev–Trinajstić information content (AvgIpc) is 2.86. The molecule has 28 heavy (non-hydrogen) atoms. The third-order valence-electron chi connectivity index (χ3n) is 4.57. The van der Waals surface area contributed by atoms with Gasteiger partial charge in [0, 0.05) is 26.2 Å². The minimum atomic E-state index is -0.542. The van der Waals surface area contributed by atoms with Crippen LogP contribution >= 0.6 is 0 Å². The molecule has 0 N–H and O–H groups in total. The molecule has 0 saturated carbocycles. The Morgan fingerprint density at radius 3 is 2.54 bits per heavy atom. The highest BCUT2D eigenvalue weighted by molar-refractivity contribution is 5.89. The van der Waals surface area contributed by atoms with Crippen LogP contribution in [0.1, 0.15) is 35.4 Å². The van der Waals surface area contributed by atoms with Gasteiger partial charge in [0.1, 0.15) is 24.9 Å². The summed E-state index contributed by atoms with van der Waals surface area (Å²) in [5.41, 5.74) is 1.87. The van der Waals surface area contributed by atoms with Crippen LogP contribution in [0.25, 0.3) is 11.4 Å². The first-order chi connectivity index (χ1) is 13.5. The molecule has 0 aliphatic carbocycles. The number of benzene rings is 1. The number of hydrogen-bond acceptors (Lipinski definition) is 5. The van der Waals surface area contributed by atoms with E-state index in [2.05, 4.69) is 4.98 Å². The van der Waals surface area contributed by atoms with E-state index >= 15 is 0 Å². The number of amides is 1. The molecule has 7 nitrogen and oxygen atoms in total. The number of aromatic nitrogens is 2. The Balaban J connectivity index is 1.77. The number of esters is 1. The third-order valence-corrected chi connectivity index (χ3v) is 4.57. The monoisotopic (exact) mass is 389 g/mol. The molecule has 1 aliphatic rings. The van der Waals surface area contributed by atoms with Crippen molar-refractivity contribution < 1.29 is 23.5 Å². The van der Waals surface area contributed by atoms with Gasteiger partial charge in [-0.25, -0.2) is 19.0 Å². The number of rotatable bonds is 5. The van der Waals surface area contributed by atoms with E-state index in [0.29, 0.717) is 5.82 Å². The quantitative estimate of drug-likeness (QED) is 0.580. The molecule has 1 aromatic carbocycles. The van der Waals surface area contributed by atoms with Gasteiger partial charge in [-0.05, 0) is 43.5 Å². The highest BCUT2D eigenvalue weighted by Gasteiger charge is 2.25. The van der Waals surface area contributed by atoms with E-state index in [9.17, 15) is 14.0 Å².